The highest BCUT2D eigenvalue weighted by atomic mass is 35.5. The fraction of sp³-hybridized carbons (Fsp3) is 0.667. The summed E-state index contributed by atoms with van der Waals surface area (Å²) in [5, 5.41) is 0.422. The van der Waals surface area contributed by atoms with Crippen molar-refractivity contribution in [3.8, 4) is 0 Å². The molecule has 0 radical (unpaired) electrons. The Morgan fingerprint density at radius 1 is 1.47 bits per heavy atom. The fourth-order valence-electron chi connectivity index (χ4n) is 2.01. The molecule has 1 aliphatic heterocycles. The van der Waals surface area contributed by atoms with Crippen molar-refractivity contribution in [3.63, 3.8) is 0 Å². The summed E-state index contributed by atoms with van der Waals surface area (Å²) in [4.78, 5) is 1.03. The predicted octanol–water partition coefficient (Wildman–Crippen LogP) is 3.05. The van der Waals surface area contributed by atoms with E-state index in [4.69, 9.17) is 11.6 Å². The van der Waals surface area contributed by atoms with Crippen LogP contribution in [0.3, 0.4) is 0 Å². The number of alkyl halides is 1. The SMILES string of the molecule is CCC1CN(S(=O)(=O)c2ccc(CCCl)s2)CCS1. The maximum atomic E-state index is 12.6. The molecule has 1 atom stereocenters. The van der Waals surface area contributed by atoms with Crippen molar-refractivity contribution in [1.29, 1.82) is 0 Å². The lowest BCUT2D eigenvalue weighted by Gasteiger charge is -2.30. The van der Waals surface area contributed by atoms with Gasteiger partial charge in [-0.2, -0.15) is 16.1 Å². The molecule has 0 spiro atoms. The van der Waals surface area contributed by atoms with Crippen LogP contribution in [0, 0.1) is 0 Å². The summed E-state index contributed by atoms with van der Waals surface area (Å²) in [7, 11) is -3.31. The largest absolute Gasteiger partial charge is 0.252 e. The molecular formula is C12H18ClNO2S3. The topological polar surface area (TPSA) is 37.4 Å². The quantitative estimate of drug-likeness (QED) is 0.774. The minimum Gasteiger partial charge on any atom is -0.206 e. The molecule has 0 bridgehead atoms. The number of aryl methyl sites for hydroxylation is 1. The number of hydrogen-bond donors (Lipinski definition) is 0. The van der Waals surface area contributed by atoms with E-state index in [1.54, 1.807) is 10.4 Å². The van der Waals surface area contributed by atoms with E-state index >= 15 is 0 Å². The average Bonchev–Trinajstić information content (AvgIpc) is 2.88. The van der Waals surface area contributed by atoms with Crippen LogP contribution in [0.2, 0.25) is 0 Å². The summed E-state index contributed by atoms with van der Waals surface area (Å²) in [6.45, 7) is 3.36. The first kappa shape index (κ1) is 15.6. The second-order valence-electron chi connectivity index (χ2n) is 4.42. The van der Waals surface area contributed by atoms with Crippen LogP contribution in [0.1, 0.15) is 18.2 Å². The van der Waals surface area contributed by atoms with E-state index in [0.717, 1.165) is 23.5 Å². The Kier molecular flexibility index (Phi) is 5.60. The molecule has 1 aromatic heterocycles. The number of rotatable bonds is 5. The normalized spacial score (nSPS) is 21.7. The van der Waals surface area contributed by atoms with Crippen molar-refractivity contribution in [2.24, 2.45) is 0 Å². The Morgan fingerprint density at radius 3 is 2.95 bits per heavy atom. The van der Waals surface area contributed by atoms with Gasteiger partial charge in [-0.15, -0.1) is 22.9 Å². The number of thioether (sulfide) groups is 1. The maximum absolute atomic E-state index is 12.6. The number of thiophene rings is 1. The molecule has 2 rings (SSSR count). The fourth-order valence-corrected chi connectivity index (χ4v) is 6.71. The third kappa shape index (κ3) is 3.67. The number of sulfonamides is 1. The zero-order valence-corrected chi connectivity index (χ0v) is 14.0. The number of halogens is 1. The van der Waals surface area contributed by atoms with Gasteiger partial charge in [-0.05, 0) is 25.0 Å². The van der Waals surface area contributed by atoms with Gasteiger partial charge in [0.05, 0.1) is 0 Å². The molecule has 2 heterocycles. The number of nitrogens with zero attached hydrogens (tertiary/aromatic N) is 1. The summed E-state index contributed by atoms with van der Waals surface area (Å²) in [6.07, 6.45) is 1.74. The third-order valence-electron chi connectivity index (χ3n) is 3.13. The molecule has 1 aromatic rings. The summed E-state index contributed by atoms with van der Waals surface area (Å²) >= 11 is 8.91. The maximum Gasteiger partial charge on any atom is 0.252 e. The predicted molar refractivity (Wildman–Crippen MR) is 84.0 cm³/mol. The minimum absolute atomic E-state index is 0.422. The van der Waals surface area contributed by atoms with Gasteiger partial charge in [0.2, 0.25) is 0 Å². The molecule has 0 amide bonds. The van der Waals surface area contributed by atoms with Gasteiger partial charge in [-0.1, -0.05) is 6.92 Å². The molecule has 1 saturated heterocycles. The van der Waals surface area contributed by atoms with Crippen LogP contribution < -0.4 is 0 Å². The van der Waals surface area contributed by atoms with E-state index < -0.39 is 10.0 Å². The van der Waals surface area contributed by atoms with Crippen LogP contribution >= 0.6 is 34.7 Å². The molecule has 1 fully saturated rings. The van der Waals surface area contributed by atoms with Crippen LogP contribution in [0.4, 0.5) is 0 Å². The molecule has 19 heavy (non-hydrogen) atoms. The van der Waals surface area contributed by atoms with Gasteiger partial charge in [0.1, 0.15) is 4.21 Å². The second kappa shape index (κ2) is 6.80. The van der Waals surface area contributed by atoms with E-state index in [1.165, 1.54) is 11.3 Å². The van der Waals surface area contributed by atoms with Crippen LogP contribution in [0.5, 0.6) is 0 Å². The van der Waals surface area contributed by atoms with Gasteiger partial charge in [-0.25, -0.2) is 8.42 Å². The first-order valence-corrected chi connectivity index (χ1v) is 10.2. The summed E-state index contributed by atoms with van der Waals surface area (Å²) in [5.41, 5.74) is 0. The van der Waals surface area contributed by atoms with Crippen molar-refractivity contribution >= 4 is 44.7 Å². The zero-order valence-electron chi connectivity index (χ0n) is 10.8. The Bertz CT molecular complexity index is 515. The average molecular weight is 340 g/mol. The lowest BCUT2D eigenvalue weighted by atomic mass is 10.3. The highest BCUT2D eigenvalue weighted by Gasteiger charge is 2.30. The van der Waals surface area contributed by atoms with E-state index in [1.807, 2.05) is 17.8 Å². The monoisotopic (exact) mass is 339 g/mol. The zero-order chi connectivity index (χ0) is 13.9. The van der Waals surface area contributed by atoms with E-state index in [0.29, 0.717) is 28.4 Å². The Labute approximate surface area is 128 Å². The van der Waals surface area contributed by atoms with Crippen molar-refractivity contribution in [2.45, 2.75) is 29.2 Å². The standard InChI is InChI=1S/C12H18ClNO2S3/c1-2-10-9-14(7-8-17-10)19(15,16)12-4-3-11(18-12)5-6-13/h3-4,10H,2,5-9H2,1H3. The van der Waals surface area contributed by atoms with Crippen LogP contribution in [0.15, 0.2) is 16.3 Å². The highest BCUT2D eigenvalue weighted by molar-refractivity contribution is 8.00. The molecule has 1 aliphatic rings. The summed E-state index contributed by atoms with van der Waals surface area (Å²) < 4.78 is 27.2. The van der Waals surface area contributed by atoms with Crippen LogP contribution in [0.25, 0.3) is 0 Å². The van der Waals surface area contributed by atoms with Crippen molar-refractivity contribution < 1.29 is 8.42 Å². The Balaban J connectivity index is 2.16. The van der Waals surface area contributed by atoms with Gasteiger partial charge >= 0.3 is 0 Å². The Morgan fingerprint density at radius 2 is 2.26 bits per heavy atom. The molecule has 1 unspecified atom stereocenters. The molecule has 0 aliphatic carbocycles. The summed E-state index contributed by atoms with van der Waals surface area (Å²) in [5.74, 6) is 1.41. The Hall–Kier alpha value is 0.250. The smallest absolute Gasteiger partial charge is 0.206 e. The van der Waals surface area contributed by atoms with Crippen molar-refractivity contribution in [1.82, 2.24) is 4.31 Å². The van der Waals surface area contributed by atoms with Gasteiger partial charge in [-0.3, -0.25) is 0 Å². The van der Waals surface area contributed by atoms with Crippen molar-refractivity contribution in [3.05, 3.63) is 17.0 Å². The van der Waals surface area contributed by atoms with Crippen LogP contribution in [-0.4, -0.2) is 42.7 Å². The first-order chi connectivity index (χ1) is 9.07. The molecule has 3 nitrogen and oxygen atoms in total. The van der Waals surface area contributed by atoms with Crippen LogP contribution in [-0.2, 0) is 16.4 Å². The summed E-state index contributed by atoms with van der Waals surface area (Å²) in [6, 6.07) is 3.58. The molecule has 0 saturated carbocycles. The minimum atomic E-state index is -3.31. The lowest BCUT2D eigenvalue weighted by molar-refractivity contribution is 0.417. The van der Waals surface area contributed by atoms with Gasteiger partial charge in [0.25, 0.3) is 10.0 Å². The van der Waals surface area contributed by atoms with Gasteiger partial charge in [0.15, 0.2) is 0 Å². The first-order valence-electron chi connectivity index (χ1n) is 6.34. The molecule has 7 heteroatoms. The highest BCUT2D eigenvalue weighted by Crippen LogP contribution is 2.29. The molecule has 108 valence electrons. The van der Waals surface area contributed by atoms with E-state index in [-0.39, 0.29) is 0 Å². The van der Waals surface area contributed by atoms with E-state index in [2.05, 4.69) is 6.92 Å². The van der Waals surface area contributed by atoms with Crippen molar-refractivity contribution in [2.75, 3.05) is 24.7 Å². The van der Waals surface area contributed by atoms with Gasteiger partial charge < -0.3 is 0 Å². The molecule has 0 N–H and O–H groups in total. The number of hydrogen-bond acceptors (Lipinski definition) is 4. The van der Waals surface area contributed by atoms with Gasteiger partial charge in [0, 0.05) is 34.8 Å². The molecular weight excluding hydrogens is 322 g/mol. The molecule has 0 aromatic carbocycles. The lowest BCUT2D eigenvalue weighted by Crippen LogP contribution is -2.41. The van der Waals surface area contributed by atoms with E-state index in [9.17, 15) is 8.42 Å². The second-order valence-corrected chi connectivity index (χ2v) is 9.54. The third-order valence-corrected chi connectivity index (χ3v) is 8.17.